The first-order valence-corrected chi connectivity index (χ1v) is 5.68. The third kappa shape index (κ3) is 2.09. The first-order chi connectivity index (χ1) is 8.13. The number of rotatable bonds is 1. The summed E-state index contributed by atoms with van der Waals surface area (Å²) in [7, 11) is 0. The summed E-state index contributed by atoms with van der Waals surface area (Å²) in [6.07, 6.45) is 0. The van der Waals surface area contributed by atoms with Gasteiger partial charge in [0.1, 0.15) is 6.04 Å². The summed E-state index contributed by atoms with van der Waals surface area (Å²) in [6.45, 7) is 5.28. The fraction of sp³-hybridized carbons (Fsp3) is 0.385. The highest BCUT2D eigenvalue weighted by Gasteiger charge is 2.25. The molecule has 1 N–H and O–H groups in total. The van der Waals surface area contributed by atoms with Crippen molar-refractivity contribution in [3.8, 4) is 6.07 Å². The van der Waals surface area contributed by atoms with E-state index in [2.05, 4.69) is 16.3 Å². The van der Waals surface area contributed by atoms with Gasteiger partial charge in [0.15, 0.2) is 0 Å². The predicted molar refractivity (Wildman–Crippen MR) is 65.7 cm³/mol. The molecule has 4 nitrogen and oxygen atoms in total. The second-order valence-corrected chi connectivity index (χ2v) is 4.27. The SMILES string of the molecule is Cc1cc(N2CCNC(=O)C2C)ccc1C#N. The maximum atomic E-state index is 11.6. The van der Waals surface area contributed by atoms with Gasteiger partial charge >= 0.3 is 0 Å². The van der Waals surface area contributed by atoms with Crippen molar-refractivity contribution in [1.29, 1.82) is 5.26 Å². The average molecular weight is 229 g/mol. The minimum Gasteiger partial charge on any atom is -0.358 e. The number of piperazine rings is 1. The molecule has 1 heterocycles. The van der Waals surface area contributed by atoms with Gasteiger partial charge in [-0.2, -0.15) is 5.26 Å². The number of nitrogens with one attached hydrogen (secondary N) is 1. The molecule has 1 amide bonds. The van der Waals surface area contributed by atoms with Crippen LogP contribution in [0.5, 0.6) is 0 Å². The van der Waals surface area contributed by atoms with Crippen molar-refractivity contribution >= 4 is 11.6 Å². The van der Waals surface area contributed by atoms with Gasteiger partial charge in [0.2, 0.25) is 5.91 Å². The molecule has 1 aliphatic rings. The third-order valence-electron chi connectivity index (χ3n) is 3.16. The smallest absolute Gasteiger partial charge is 0.242 e. The van der Waals surface area contributed by atoms with E-state index in [1.165, 1.54) is 0 Å². The largest absolute Gasteiger partial charge is 0.358 e. The van der Waals surface area contributed by atoms with Crippen LogP contribution in [-0.4, -0.2) is 25.0 Å². The van der Waals surface area contributed by atoms with Crippen molar-refractivity contribution < 1.29 is 4.79 Å². The number of nitriles is 1. The van der Waals surface area contributed by atoms with Gasteiger partial charge in [-0.3, -0.25) is 4.79 Å². The summed E-state index contributed by atoms with van der Waals surface area (Å²) >= 11 is 0. The van der Waals surface area contributed by atoms with Gasteiger partial charge in [-0.1, -0.05) is 0 Å². The van der Waals surface area contributed by atoms with Gasteiger partial charge in [-0.25, -0.2) is 0 Å². The summed E-state index contributed by atoms with van der Waals surface area (Å²) in [5.41, 5.74) is 2.63. The van der Waals surface area contributed by atoms with Gasteiger partial charge in [-0.15, -0.1) is 0 Å². The number of carbonyl (C=O) groups excluding carboxylic acids is 1. The number of benzene rings is 1. The van der Waals surface area contributed by atoms with Crippen molar-refractivity contribution in [1.82, 2.24) is 5.32 Å². The number of hydrogen-bond acceptors (Lipinski definition) is 3. The third-order valence-corrected chi connectivity index (χ3v) is 3.16. The van der Waals surface area contributed by atoms with Crippen LogP contribution in [-0.2, 0) is 4.79 Å². The van der Waals surface area contributed by atoms with Crippen LogP contribution in [0.2, 0.25) is 0 Å². The zero-order valence-corrected chi connectivity index (χ0v) is 10.0. The van der Waals surface area contributed by atoms with Crippen LogP contribution in [0, 0.1) is 18.3 Å². The Bertz CT molecular complexity index is 490. The minimum atomic E-state index is -0.156. The van der Waals surface area contributed by atoms with Crippen molar-refractivity contribution in [2.75, 3.05) is 18.0 Å². The molecule has 1 aliphatic heterocycles. The van der Waals surface area contributed by atoms with Crippen molar-refractivity contribution in [2.45, 2.75) is 19.9 Å². The zero-order chi connectivity index (χ0) is 12.4. The van der Waals surface area contributed by atoms with Crippen LogP contribution < -0.4 is 10.2 Å². The quantitative estimate of drug-likeness (QED) is 0.787. The minimum absolute atomic E-state index is 0.0539. The van der Waals surface area contributed by atoms with E-state index in [1.807, 2.05) is 32.0 Å². The first kappa shape index (κ1) is 11.5. The highest BCUT2D eigenvalue weighted by molar-refractivity contribution is 5.86. The molecule has 4 heteroatoms. The number of nitrogens with zero attached hydrogens (tertiary/aromatic N) is 2. The van der Waals surface area contributed by atoms with Crippen molar-refractivity contribution in [3.63, 3.8) is 0 Å². The maximum Gasteiger partial charge on any atom is 0.242 e. The normalized spacial score (nSPS) is 19.7. The monoisotopic (exact) mass is 229 g/mol. The van der Waals surface area contributed by atoms with E-state index < -0.39 is 0 Å². The van der Waals surface area contributed by atoms with Crippen LogP contribution >= 0.6 is 0 Å². The van der Waals surface area contributed by atoms with E-state index >= 15 is 0 Å². The summed E-state index contributed by atoms with van der Waals surface area (Å²) in [4.78, 5) is 13.6. The van der Waals surface area contributed by atoms with Crippen LogP contribution in [0.1, 0.15) is 18.1 Å². The Morgan fingerprint density at radius 2 is 2.29 bits per heavy atom. The molecular formula is C13H15N3O. The molecule has 1 aromatic rings. The molecule has 88 valence electrons. The molecule has 1 fully saturated rings. The lowest BCUT2D eigenvalue weighted by molar-refractivity contribution is -0.122. The van der Waals surface area contributed by atoms with Gasteiger partial charge < -0.3 is 10.2 Å². The van der Waals surface area contributed by atoms with Crippen LogP contribution in [0.15, 0.2) is 18.2 Å². The van der Waals surface area contributed by atoms with E-state index in [-0.39, 0.29) is 11.9 Å². The van der Waals surface area contributed by atoms with E-state index in [0.717, 1.165) is 17.8 Å². The molecule has 0 spiro atoms. The first-order valence-electron chi connectivity index (χ1n) is 5.68. The van der Waals surface area contributed by atoms with Crippen molar-refractivity contribution in [3.05, 3.63) is 29.3 Å². The second kappa shape index (κ2) is 4.46. The van der Waals surface area contributed by atoms with E-state index in [4.69, 9.17) is 5.26 Å². The van der Waals surface area contributed by atoms with E-state index in [1.54, 1.807) is 0 Å². The molecule has 1 atom stereocenters. The molecule has 0 aliphatic carbocycles. The Morgan fingerprint density at radius 3 is 2.94 bits per heavy atom. The molecule has 2 rings (SSSR count). The van der Waals surface area contributed by atoms with Crippen LogP contribution in [0.25, 0.3) is 0 Å². The molecule has 1 unspecified atom stereocenters. The Hall–Kier alpha value is -2.02. The van der Waals surface area contributed by atoms with Gasteiger partial charge in [0.05, 0.1) is 11.6 Å². The van der Waals surface area contributed by atoms with Gasteiger partial charge in [0, 0.05) is 18.8 Å². The predicted octanol–water partition coefficient (Wildman–Crippen LogP) is 1.19. The summed E-state index contributed by atoms with van der Waals surface area (Å²) < 4.78 is 0. The lowest BCUT2D eigenvalue weighted by Crippen LogP contribution is -2.54. The molecule has 0 saturated carbocycles. The zero-order valence-electron chi connectivity index (χ0n) is 10.0. The molecule has 0 bridgehead atoms. The Balaban J connectivity index is 2.31. The average Bonchev–Trinajstić information content (AvgIpc) is 2.32. The number of amides is 1. The molecular weight excluding hydrogens is 214 g/mol. The Morgan fingerprint density at radius 1 is 1.53 bits per heavy atom. The van der Waals surface area contributed by atoms with Gasteiger partial charge in [-0.05, 0) is 37.6 Å². The van der Waals surface area contributed by atoms with Crippen molar-refractivity contribution in [2.24, 2.45) is 0 Å². The number of anilines is 1. The second-order valence-electron chi connectivity index (χ2n) is 4.27. The molecule has 17 heavy (non-hydrogen) atoms. The maximum absolute atomic E-state index is 11.6. The highest BCUT2D eigenvalue weighted by atomic mass is 16.2. The van der Waals surface area contributed by atoms with E-state index in [9.17, 15) is 4.79 Å². The fourth-order valence-corrected chi connectivity index (χ4v) is 2.09. The van der Waals surface area contributed by atoms with Gasteiger partial charge in [0.25, 0.3) is 0 Å². The Labute approximate surface area is 101 Å². The number of aryl methyl sites for hydroxylation is 1. The summed E-state index contributed by atoms with van der Waals surface area (Å²) in [6, 6.07) is 7.67. The summed E-state index contributed by atoms with van der Waals surface area (Å²) in [5, 5.41) is 11.7. The van der Waals surface area contributed by atoms with Crippen LogP contribution in [0.3, 0.4) is 0 Å². The number of carbonyl (C=O) groups is 1. The summed E-state index contributed by atoms with van der Waals surface area (Å²) in [5.74, 6) is 0.0539. The lowest BCUT2D eigenvalue weighted by Gasteiger charge is -2.34. The standard InChI is InChI=1S/C13H15N3O/c1-9-7-12(4-3-11(9)8-14)16-6-5-15-13(17)10(16)2/h3-4,7,10H,5-6H2,1-2H3,(H,15,17). The highest BCUT2D eigenvalue weighted by Crippen LogP contribution is 2.21. The lowest BCUT2D eigenvalue weighted by atomic mass is 10.1. The fourth-order valence-electron chi connectivity index (χ4n) is 2.09. The number of hydrogen-bond donors (Lipinski definition) is 1. The topological polar surface area (TPSA) is 56.1 Å². The molecule has 1 saturated heterocycles. The molecule has 0 aromatic heterocycles. The molecule has 0 radical (unpaired) electrons. The molecule has 1 aromatic carbocycles. The van der Waals surface area contributed by atoms with E-state index in [0.29, 0.717) is 12.1 Å². The Kier molecular flexibility index (Phi) is 3.01. The van der Waals surface area contributed by atoms with Crippen LogP contribution in [0.4, 0.5) is 5.69 Å².